The van der Waals surface area contributed by atoms with E-state index in [4.69, 9.17) is 14.8 Å². The second-order valence-corrected chi connectivity index (χ2v) is 17.8. The molecule has 3 aromatic heterocycles. The van der Waals surface area contributed by atoms with Crippen LogP contribution in [0.5, 0.6) is 11.5 Å². The van der Waals surface area contributed by atoms with Crippen molar-refractivity contribution >= 4 is 21.8 Å². The van der Waals surface area contributed by atoms with E-state index in [1.165, 1.54) is 50.8 Å². The van der Waals surface area contributed by atoms with E-state index in [0.29, 0.717) is 23.7 Å². The molecule has 3 atom stereocenters. The zero-order valence-corrected chi connectivity index (χ0v) is 33.3. The maximum absolute atomic E-state index is 6.86. The topological polar surface area (TPSA) is 44.9 Å². The van der Waals surface area contributed by atoms with Gasteiger partial charge < -0.3 is 4.74 Å². The Hall–Kier alpha value is -4.64. The fourth-order valence-corrected chi connectivity index (χ4v) is 8.65. The SMILES string of the molecule is CC1=C[C@H](C)C[C@H](C)C1c1c(C(C)(C)C)nn(-c2cc(Oc3ccc4c5ccccc5n(-c5cc(C)ccn5)c4c3)cc(C(C)C)c2)c1C(C)(C)C. The van der Waals surface area contributed by atoms with Gasteiger partial charge >= 0.3 is 0 Å². The lowest BCUT2D eigenvalue weighted by Gasteiger charge is -2.36. The minimum absolute atomic E-state index is 0.126. The monoisotopic (exact) mass is 692 g/mol. The van der Waals surface area contributed by atoms with Crippen molar-refractivity contribution in [2.75, 3.05) is 0 Å². The summed E-state index contributed by atoms with van der Waals surface area (Å²) in [5, 5.41) is 7.94. The molecule has 0 saturated carbocycles. The molecule has 7 rings (SSSR count). The molecule has 270 valence electrons. The molecule has 0 amide bonds. The number of allylic oxidation sites excluding steroid dienone is 2. The molecule has 0 N–H and O–H groups in total. The van der Waals surface area contributed by atoms with Crippen LogP contribution in [-0.2, 0) is 10.8 Å². The maximum Gasteiger partial charge on any atom is 0.137 e. The van der Waals surface area contributed by atoms with Crippen LogP contribution in [0.4, 0.5) is 0 Å². The van der Waals surface area contributed by atoms with E-state index in [1.54, 1.807) is 0 Å². The smallest absolute Gasteiger partial charge is 0.137 e. The number of fused-ring (bicyclic) bond motifs is 3. The number of rotatable bonds is 6. The number of para-hydroxylation sites is 1. The Bertz CT molecular complexity index is 2320. The van der Waals surface area contributed by atoms with Gasteiger partial charge in [0.1, 0.15) is 17.3 Å². The van der Waals surface area contributed by atoms with E-state index in [1.807, 2.05) is 12.3 Å². The largest absolute Gasteiger partial charge is 0.457 e. The third-order valence-electron chi connectivity index (χ3n) is 10.8. The third-order valence-corrected chi connectivity index (χ3v) is 10.8. The molecule has 0 radical (unpaired) electrons. The summed E-state index contributed by atoms with van der Waals surface area (Å²) in [6, 6.07) is 25.8. The summed E-state index contributed by atoms with van der Waals surface area (Å²) >= 11 is 0. The zero-order chi connectivity index (χ0) is 37.3. The summed E-state index contributed by atoms with van der Waals surface area (Å²) < 4.78 is 11.4. The molecule has 3 aromatic carbocycles. The Morgan fingerprint density at radius 2 is 1.52 bits per heavy atom. The van der Waals surface area contributed by atoms with Crippen LogP contribution < -0.4 is 4.74 Å². The number of hydrogen-bond donors (Lipinski definition) is 0. The van der Waals surface area contributed by atoms with Gasteiger partial charge in [-0.1, -0.05) is 99.1 Å². The average Bonchev–Trinajstić information content (AvgIpc) is 3.61. The lowest BCUT2D eigenvalue weighted by Crippen LogP contribution is -2.27. The van der Waals surface area contributed by atoms with Crippen molar-refractivity contribution in [1.82, 2.24) is 19.3 Å². The summed E-state index contributed by atoms with van der Waals surface area (Å²) in [6.45, 7) is 27.7. The molecule has 1 aliphatic rings. The van der Waals surface area contributed by atoms with E-state index in [2.05, 4.69) is 165 Å². The van der Waals surface area contributed by atoms with Gasteiger partial charge in [-0.25, -0.2) is 9.67 Å². The number of aromatic nitrogens is 4. The van der Waals surface area contributed by atoms with E-state index in [0.717, 1.165) is 34.0 Å². The zero-order valence-electron chi connectivity index (χ0n) is 33.3. The minimum atomic E-state index is -0.147. The Labute approximate surface area is 310 Å². The molecular formula is C47H56N4O. The fourth-order valence-electron chi connectivity index (χ4n) is 8.65. The predicted molar refractivity (Wildman–Crippen MR) is 218 cm³/mol. The van der Waals surface area contributed by atoms with Crippen LogP contribution in [0.15, 0.2) is 90.6 Å². The van der Waals surface area contributed by atoms with E-state index in [-0.39, 0.29) is 10.8 Å². The summed E-state index contributed by atoms with van der Waals surface area (Å²) in [6.07, 6.45) is 5.57. The van der Waals surface area contributed by atoms with Crippen LogP contribution >= 0.6 is 0 Å². The quantitative estimate of drug-likeness (QED) is 0.163. The van der Waals surface area contributed by atoms with Crippen molar-refractivity contribution in [3.63, 3.8) is 0 Å². The first-order valence-electron chi connectivity index (χ1n) is 19.1. The molecule has 3 heterocycles. The van der Waals surface area contributed by atoms with Gasteiger partial charge in [-0.3, -0.25) is 4.57 Å². The number of nitrogens with zero attached hydrogens (tertiary/aromatic N) is 4. The summed E-state index contributed by atoms with van der Waals surface area (Å²) in [7, 11) is 0. The maximum atomic E-state index is 6.86. The summed E-state index contributed by atoms with van der Waals surface area (Å²) in [5.41, 5.74) is 10.7. The first kappa shape index (κ1) is 35.7. The van der Waals surface area contributed by atoms with Crippen molar-refractivity contribution in [3.8, 4) is 23.0 Å². The van der Waals surface area contributed by atoms with Crippen molar-refractivity contribution in [1.29, 1.82) is 0 Å². The molecule has 5 heteroatoms. The molecule has 5 nitrogen and oxygen atoms in total. The molecule has 0 aliphatic heterocycles. The Morgan fingerprint density at radius 1 is 0.788 bits per heavy atom. The number of benzene rings is 3. The highest BCUT2D eigenvalue weighted by molar-refractivity contribution is 6.09. The van der Waals surface area contributed by atoms with Crippen molar-refractivity contribution < 1.29 is 4.74 Å². The average molecular weight is 693 g/mol. The van der Waals surface area contributed by atoms with E-state index in [9.17, 15) is 0 Å². The van der Waals surface area contributed by atoms with Crippen LogP contribution in [-0.4, -0.2) is 19.3 Å². The van der Waals surface area contributed by atoms with Crippen LogP contribution in [0.2, 0.25) is 0 Å². The number of hydrogen-bond acceptors (Lipinski definition) is 3. The fraction of sp³-hybridized carbons (Fsp3) is 0.404. The van der Waals surface area contributed by atoms with Crippen molar-refractivity contribution in [3.05, 3.63) is 119 Å². The van der Waals surface area contributed by atoms with Gasteiger partial charge in [-0.2, -0.15) is 5.10 Å². The van der Waals surface area contributed by atoms with Gasteiger partial charge in [-0.15, -0.1) is 0 Å². The van der Waals surface area contributed by atoms with Crippen LogP contribution in [0.3, 0.4) is 0 Å². The summed E-state index contributed by atoms with van der Waals surface area (Å²) in [5.74, 6) is 4.25. The lowest BCUT2D eigenvalue weighted by molar-refractivity contribution is 0.382. The molecule has 0 bridgehead atoms. The number of pyridine rings is 1. The standard InChI is InChI=1S/C47H56N4O/c1-28(2)33-24-34(51-45(47(10,11)12)43(44(49-51)46(7,8)9)42-31(5)21-30(4)22-32(42)6)26-36(25-33)52-35-17-18-38-37-15-13-14-16-39(37)50(40(38)27-35)41-23-29(3)19-20-48-41/h13-21,23-28,30,32,42H,22H2,1-12H3/t30-,32-,42?/m0/s1. The van der Waals surface area contributed by atoms with Gasteiger partial charge in [0.05, 0.1) is 28.1 Å². The number of aryl methyl sites for hydroxylation is 1. The Kier molecular flexibility index (Phi) is 9.00. The van der Waals surface area contributed by atoms with Gasteiger partial charge in [-0.05, 0) is 91.6 Å². The van der Waals surface area contributed by atoms with Crippen LogP contribution in [0.1, 0.15) is 122 Å². The molecule has 1 aliphatic carbocycles. The van der Waals surface area contributed by atoms with Gasteiger partial charge in [0.25, 0.3) is 0 Å². The first-order valence-corrected chi connectivity index (χ1v) is 19.1. The van der Waals surface area contributed by atoms with E-state index < -0.39 is 0 Å². The molecule has 52 heavy (non-hydrogen) atoms. The number of ether oxygens (including phenoxy) is 1. The second kappa shape index (κ2) is 13.1. The molecular weight excluding hydrogens is 637 g/mol. The van der Waals surface area contributed by atoms with Gasteiger partial charge in [0.15, 0.2) is 0 Å². The van der Waals surface area contributed by atoms with Crippen molar-refractivity contribution in [2.45, 2.75) is 112 Å². The van der Waals surface area contributed by atoms with Crippen molar-refractivity contribution in [2.24, 2.45) is 11.8 Å². The summed E-state index contributed by atoms with van der Waals surface area (Å²) in [4.78, 5) is 4.78. The molecule has 6 aromatic rings. The van der Waals surface area contributed by atoms with Crippen LogP contribution in [0.25, 0.3) is 33.3 Å². The molecule has 1 unspecified atom stereocenters. The normalized spacial score (nSPS) is 18.4. The highest BCUT2D eigenvalue weighted by Gasteiger charge is 2.40. The Balaban J connectivity index is 1.40. The highest BCUT2D eigenvalue weighted by Crippen LogP contribution is 2.48. The van der Waals surface area contributed by atoms with Gasteiger partial charge in [0, 0.05) is 51.4 Å². The molecule has 0 saturated heterocycles. The molecule has 0 spiro atoms. The second-order valence-electron chi connectivity index (χ2n) is 17.8. The predicted octanol–water partition coefficient (Wildman–Crippen LogP) is 12.9. The first-order chi connectivity index (χ1) is 24.5. The minimum Gasteiger partial charge on any atom is -0.457 e. The molecule has 0 fully saturated rings. The third kappa shape index (κ3) is 6.48. The van der Waals surface area contributed by atoms with Crippen LogP contribution in [0, 0.1) is 18.8 Å². The van der Waals surface area contributed by atoms with Gasteiger partial charge in [0.2, 0.25) is 0 Å². The lowest BCUT2D eigenvalue weighted by atomic mass is 9.68. The van der Waals surface area contributed by atoms with E-state index >= 15 is 0 Å². The highest BCUT2D eigenvalue weighted by atomic mass is 16.5. The Morgan fingerprint density at radius 3 is 2.19 bits per heavy atom.